The molecule has 2 heterocycles. The third-order valence-electron chi connectivity index (χ3n) is 3.68. The molecule has 0 atom stereocenters. The third-order valence-corrected chi connectivity index (χ3v) is 4.60. The molecule has 1 aromatic carbocycles. The summed E-state index contributed by atoms with van der Waals surface area (Å²) >= 11 is 15.4. The summed E-state index contributed by atoms with van der Waals surface area (Å²) in [5.41, 5.74) is 4.74. The fraction of sp³-hybridized carbons (Fsp3) is 0.0556. The maximum Gasteiger partial charge on any atom is 0.274 e. The molecule has 0 fully saturated rings. The minimum Gasteiger partial charge on any atom is -0.320 e. The van der Waals surface area contributed by atoms with Crippen molar-refractivity contribution in [2.24, 2.45) is 0 Å². The van der Waals surface area contributed by atoms with E-state index in [-0.39, 0.29) is 27.8 Å². The Hall–Kier alpha value is -2.95. The maximum atomic E-state index is 13.0. The highest BCUT2D eigenvalue weighted by Crippen LogP contribution is 2.24. The van der Waals surface area contributed by atoms with E-state index in [1.807, 2.05) is 0 Å². The molecule has 0 saturated carbocycles. The first-order valence-electron chi connectivity index (χ1n) is 8.30. The number of halogens is 3. The summed E-state index contributed by atoms with van der Waals surface area (Å²) in [6.07, 6.45) is 1.52. The van der Waals surface area contributed by atoms with Gasteiger partial charge in [-0.15, -0.1) is 0 Å². The van der Waals surface area contributed by atoms with Gasteiger partial charge in [-0.2, -0.15) is 5.10 Å². The number of aromatic nitrogens is 3. The minimum atomic E-state index is -0.662. The summed E-state index contributed by atoms with van der Waals surface area (Å²) in [6.45, 7) is 1.24. The lowest BCUT2D eigenvalue weighted by atomic mass is 10.1. The van der Waals surface area contributed by atoms with E-state index >= 15 is 0 Å². The Labute approximate surface area is 188 Å². The first-order chi connectivity index (χ1) is 14.3. The highest BCUT2D eigenvalue weighted by atomic mass is 79.9. The highest BCUT2D eigenvalue weighted by Gasteiger charge is 2.21. The molecule has 0 bridgehead atoms. The number of anilines is 1. The fourth-order valence-corrected chi connectivity index (χ4v) is 3.17. The van der Waals surface area contributed by atoms with Crippen LogP contribution in [0.25, 0.3) is 5.82 Å². The molecule has 0 aliphatic heterocycles. The Balaban J connectivity index is 1.94. The van der Waals surface area contributed by atoms with Crippen molar-refractivity contribution in [2.45, 2.75) is 6.92 Å². The highest BCUT2D eigenvalue weighted by molar-refractivity contribution is 9.10. The molecule has 3 aromatic rings. The number of carbonyl (C=O) groups is 3. The van der Waals surface area contributed by atoms with Gasteiger partial charge in [0.2, 0.25) is 5.91 Å². The molecule has 0 radical (unpaired) electrons. The molecule has 0 saturated heterocycles. The standard InChI is InChI=1S/C18H13BrCl2N6O3/c1-9(28)24-25-17(29)11-7-10(20)4-5-13(11)23-18(30)14-8-15(19)26-27(14)16-12(21)3-2-6-22-16/h2-8H,1H3,(H,23,30)(H,24,28)(H,25,29). The molecular formula is C18H13BrCl2N6O3. The van der Waals surface area contributed by atoms with Crippen LogP contribution in [0, 0.1) is 0 Å². The SMILES string of the molecule is CC(=O)NNC(=O)c1cc(Cl)ccc1NC(=O)c1cc(Br)nn1-c1ncccc1Cl. The molecule has 3 rings (SSSR count). The van der Waals surface area contributed by atoms with Gasteiger partial charge in [0.05, 0.1) is 16.3 Å². The van der Waals surface area contributed by atoms with Gasteiger partial charge in [-0.25, -0.2) is 9.67 Å². The maximum absolute atomic E-state index is 13.0. The quantitative estimate of drug-likeness (QED) is 0.464. The van der Waals surface area contributed by atoms with Crippen molar-refractivity contribution >= 4 is 62.5 Å². The second-order valence-electron chi connectivity index (χ2n) is 5.85. The zero-order chi connectivity index (χ0) is 21.8. The predicted octanol–water partition coefficient (Wildman–Crippen LogP) is 3.37. The van der Waals surface area contributed by atoms with Crippen LogP contribution in [0.1, 0.15) is 27.8 Å². The fourth-order valence-electron chi connectivity index (χ4n) is 2.42. The summed E-state index contributed by atoms with van der Waals surface area (Å²) in [5.74, 6) is -1.44. The lowest BCUT2D eigenvalue weighted by Gasteiger charge is -2.13. The lowest BCUT2D eigenvalue weighted by Crippen LogP contribution is -2.40. The monoisotopic (exact) mass is 510 g/mol. The van der Waals surface area contributed by atoms with Crippen molar-refractivity contribution in [1.29, 1.82) is 0 Å². The van der Waals surface area contributed by atoms with E-state index in [4.69, 9.17) is 23.2 Å². The molecule has 154 valence electrons. The molecule has 3 amide bonds. The van der Waals surface area contributed by atoms with Crippen molar-refractivity contribution in [3.63, 3.8) is 0 Å². The number of pyridine rings is 1. The van der Waals surface area contributed by atoms with Gasteiger partial charge in [0.25, 0.3) is 11.8 Å². The molecule has 9 nitrogen and oxygen atoms in total. The summed E-state index contributed by atoms with van der Waals surface area (Å²) in [4.78, 5) is 40.5. The molecule has 30 heavy (non-hydrogen) atoms. The van der Waals surface area contributed by atoms with Crippen LogP contribution in [-0.2, 0) is 4.79 Å². The van der Waals surface area contributed by atoms with Crippen LogP contribution in [0.2, 0.25) is 10.0 Å². The van der Waals surface area contributed by atoms with Gasteiger partial charge < -0.3 is 5.32 Å². The van der Waals surface area contributed by atoms with E-state index < -0.39 is 17.7 Å². The number of hydrogen-bond donors (Lipinski definition) is 3. The van der Waals surface area contributed by atoms with Crippen molar-refractivity contribution in [1.82, 2.24) is 25.6 Å². The minimum absolute atomic E-state index is 0.0469. The first-order valence-corrected chi connectivity index (χ1v) is 9.85. The number of rotatable bonds is 4. The Kier molecular flexibility index (Phi) is 6.70. The van der Waals surface area contributed by atoms with Gasteiger partial charge in [0.1, 0.15) is 10.3 Å². The topological polar surface area (TPSA) is 118 Å². The number of nitrogens with zero attached hydrogens (tertiary/aromatic N) is 3. The summed E-state index contributed by atoms with van der Waals surface area (Å²) in [5, 5.41) is 7.41. The number of nitrogens with one attached hydrogen (secondary N) is 3. The van der Waals surface area contributed by atoms with E-state index in [2.05, 4.69) is 42.2 Å². The van der Waals surface area contributed by atoms with Crippen molar-refractivity contribution in [3.8, 4) is 5.82 Å². The lowest BCUT2D eigenvalue weighted by molar-refractivity contribution is -0.119. The van der Waals surface area contributed by atoms with Crippen LogP contribution >= 0.6 is 39.1 Å². The Bertz CT molecular complexity index is 1150. The second kappa shape index (κ2) is 9.24. The number of hydrogen-bond acceptors (Lipinski definition) is 5. The normalized spacial score (nSPS) is 10.4. The van der Waals surface area contributed by atoms with E-state index in [1.165, 1.54) is 42.1 Å². The van der Waals surface area contributed by atoms with Gasteiger partial charge in [-0.1, -0.05) is 23.2 Å². The molecule has 0 spiro atoms. The molecule has 2 aromatic heterocycles. The van der Waals surface area contributed by atoms with Crippen LogP contribution in [0.3, 0.4) is 0 Å². The van der Waals surface area contributed by atoms with Crippen molar-refractivity contribution < 1.29 is 14.4 Å². The molecular weight excluding hydrogens is 499 g/mol. The van der Waals surface area contributed by atoms with Crippen LogP contribution in [0.4, 0.5) is 5.69 Å². The van der Waals surface area contributed by atoms with Crippen LogP contribution in [-0.4, -0.2) is 32.5 Å². The van der Waals surface area contributed by atoms with E-state index in [0.29, 0.717) is 9.63 Å². The third kappa shape index (κ3) is 4.96. The molecule has 3 N–H and O–H groups in total. The number of amides is 3. The molecule has 0 aliphatic rings. The molecule has 12 heteroatoms. The summed E-state index contributed by atoms with van der Waals surface area (Å²) in [7, 11) is 0. The smallest absolute Gasteiger partial charge is 0.274 e. The van der Waals surface area contributed by atoms with Gasteiger partial charge in [0, 0.05) is 24.2 Å². The van der Waals surface area contributed by atoms with Crippen LogP contribution in [0.5, 0.6) is 0 Å². The number of hydrazine groups is 1. The van der Waals surface area contributed by atoms with Gasteiger partial charge >= 0.3 is 0 Å². The Morgan fingerprint density at radius 3 is 2.53 bits per heavy atom. The van der Waals surface area contributed by atoms with Crippen molar-refractivity contribution in [2.75, 3.05) is 5.32 Å². The van der Waals surface area contributed by atoms with Crippen LogP contribution in [0.15, 0.2) is 47.2 Å². The molecule has 0 aliphatic carbocycles. The Morgan fingerprint density at radius 2 is 1.83 bits per heavy atom. The van der Waals surface area contributed by atoms with E-state index in [1.54, 1.807) is 12.1 Å². The second-order valence-corrected chi connectivity index (χ2v) is 7.51. The van der Waals surface area contributed by atoms with Gasteiger partial charge in [0.15, 0.2) is 5.82 Å². The number of benzene rings is 1. The zero-order valence-electron chi connectivity index (χ0n) is 15.2. The van der Waals surface area contributed by atoms with Gasteiger partial charge in [-0.3, -0.25) is 25.2 Å². The average Bonchev–Trinajstić information content (AvgIpc) is 3.09. The van der Waals surface area contributed by atoms with Gasteiger partial charge in [-0.05, 0) is 46.3 Å². The largest absolute Gasteiger partial charge is 0.320 e. The van der Waals surface area contributed by atoms with Crippen LogP contribution < -0.4 is 16.2 Å². The van der Waals surface area contributed by atoms with E-state index in [9.17, 15) is 14.4 Å². The predicted molar refractivity (Wildman–Crippen MR) is 115 cm³/mol. The Morgan fingerprint density at radius 1 is 1.07 bits per heavy atom. The first kappa shape index (κ1) is 21.8. The average molecular weight is 512 g/mol. The van der Waals surface area contributed by atoms with E-state index in [0.717, 1.165) is 0 Å². The summed E-state index contributed by atoms with van der Waals surface area (Å²) in [6, 6.07) is 9.08. The van der Waals surface area contributed by atoms with Crippen molar-refractivity contribution in [3.05, 3.63) is 68.5 Å². The zero-order valence-corrected chi connectivity index (χ0v) is 18.3. The molecule has 0 unspecified atom stereocenters. The summed E-state index contributed by atoms with van der Waals surface area (Å²) < 4.78 is 1.66. The number of carbonyl (C=O) groups excluding carboxylic acids is 3.